The predicted molar refractivity (Wildman–Crippen MR) is 103 cm³/mol. The quantitative estimate of drug-likeness (QED) is 0.776. The summed E-state index contributed by atoms with van der Waals surface area (Å²) in [7, 11) is 3.30. The van der Waals surface area contributed by atoms with Crippen molar-refractivity contribution < 1.29 is 9.59 Å². The normalized spacial score (nSPS) is 10.4. The van der Waals surface area contributed by atoms with Crippen LogP contribution in [0.5, 0.6) is 0 Å². The fraction of sp³-hybridized carbons (Fsp3) is 0.222. The van der Waals surface area contributed by atoms with Gasteiger partial charge in [0.1, 0.15) is 0 Å². The van der Waals surface area contributed by atoms with Crippen molar-refractivity contribution in [2.24, 2.45) is 0 Å². The molecule has 132 valence electrons. The molecule has 0 radical (unpaired) electrons. The Kier molecular flexibility index (Phi) is 6.71. The van der Waals surface area contributed by atoms with Gasteiger partial charge in [-0.1, -0.05) is 46.9 Å². The van der Waals surface area contributed by atoms with Gasteiger partial charge in [-0.2, -0.15) is 0 Å². The molecule has 4 nitrogen and oxygen atoms in total. The molecule has 7 heteroatoms. The van der Waals surface area contributed by atoms with E-state index in [0.29, 0.717) is 27.7 Å². The molecule has 2 rings (SSSR count). The Hall–Kier alpha value is -1.75. The van der Waals surface area contributed by atoms with Gasteiger partial charge in [0, 0.05) is 26.2 Å². The summed E-state index contributed by atoms with van der Waals surface area (Å²) >= 11 is 18.2. The minimum absolute atomic E-state index is 0.182. The summed E-state index contributed by atoms with van der Waals surface area (Å²) in [6.45, 7) is 0. The Morgan fingerprint density at radius 3 is 2.40 bits per heavy atom. The molecule has 0 aliphatic heterocycles. The fourth-order valence-electron chi connectivity index (χ4n) is 2.22. The lowest BCUT2D eigenvalue weighted by Gasteiger charge is -2.13. The number of nitrogens with one attached hydrogen (secondary N) is 1. The van der Waals surface area contributed by atoms with Gasteiger partial charge in [-0.25, -0.2) is 0 Å². The number of carbonyl (C=O) groups excluding carboxylic acids is 2. The van der Waals surface area contributed by atoms with Crippen molar-refractivity contribution in [1.29, 1.82) is 0 Å². The van der Waals surface area contributed by atoms with E-state index in [4.69, 9.17) is 34.8 Å². The summed E-state index contributed by atoms with van der Waals surface area (Å²) in [6, 6.07) is 10.1. The van der Waals surface area contributed by atoms with Crippen molar-refractivity contribution in [1.82, 2.24) is 4.90 Å². The molecule has 0 saturated heterocycles. The van der Waals surface area contributed by atoms with Gasteiger partial charge in [0.05, 0.1) is 20.6 Å². The molecule has 0 fully saturated rings. The molecule has 25 heavy (non-hydrogen) atoms. The highest BCUT2D eigenvalue weighted by atomic mass is 35.5. The SMILES string of the molecule is CN(C)C(=O)c1ccc(NC(=O)CCc2cccc(Cl)c2Cl)cc1Cl. The van der Waals surface area contributed by atoms with Crippen molar-refractivity contribution in [2.45, 2.75) is 12.8 Å². The molecule has 0 unspecified atom stereocenters. The number of amides is 2. The van der Waals surface area contributed by atoms with Crippen LogP contribution in [-0.4, -0.2) is 30.8 Å². The molecule has 0 aromatic heterocycles. The number of benzene rings is 2. The molecule has 1 N–H and O–H groups in total. The first kappa shape index (κ1) is 19.6. The number of nitrogens with zero attached hydrogens (tertiary/aromatic N) is 1. The zero-order valence-corrected chi connectivity index (χ0v) is 16.0. The minimum Gasteiger partial charge on any atom is -0.345 e. The molecule has 0 spiro atoms. The van der Waals surface area contributed by atoms with E-state index in [0.717, 1.165) is 5.56 Å². The topological polar surface area (TPSA) is 49.4 Å². The summed E-state index contributed by atoms with van der Waals surface area (Å²) in [5.74, 6) is -0.378. The maximum atomic E-state index is 12.1. The average Bonchev–Trinajstić information content (AvgIpc) is 2.55. The van der Waals surface area contributed by atoms with E-state index in [2.05, 4.69) is 5.32 Å². The Morgan fingerprint density at radius 1 is 1.04 bits per heavy atom. The minimum atomic E-state index is -0.196. The highest BCUT2D eigenvalue weighted by molar-refractivity contribution is 6.42. The number of anilines is 1. The van der Waals surface area contributed by atoms with E-state index in [-0.39, 0.29) is 23.3 Å². The van der Waals surface area contributed by atoms with Gasteiger partial charge in [0.25, 0.3) is 5.91 Å². The lowest BCUT2D eigenvalue weighted by atomic mass is 10.1. The highest BCUT2D eigenvalue weighted by Gasteiger charge is 2.14. The first-order valence-corrected chi connectivity index (χ1v) is 8.67. The van der Waals surface area contributed by atoms with Crippen LogP contribution in [0.4, 0.5) is 5.69 Å². The highest BCUT2D eigenvalue weighted by Crippen LogP contribution is 2.27. The average molecular weight is 400 g/mol. The third kappa shape index (κ3) is 5.11. The molecule has 0 bridgehead atoms. The van der Waals surface area contributed by atoms with E-state index >= 15 is 0 Å². The van der Waals surface area contributed by atoms with Crippen molar-refractivity contribution in [3.63, 3.8) is 0 Å². The molecular weight excluding hydrogens is 383 g/mol. The zero-order chi connectivity index (χ0) is 18.6. The Balaban J connectivity index is 2.00. The summed E-state index contributed by atoms with van der Waals surface area (Å²) in [5.41, 5.74) is 1.73. The van der Waals surface area contributed by atoms with Gasteiger partial charge in [0.15, 0.2) is 0 Å². The number of carbonyl (C=O) groups is 2. The van der Waals surface area contributed by atoms with Crippen LogP contribution in [0.1, 0.15) is 22.3 Å². The predicted octanol–water partition coefficient (Wildman–Crippen LogP) is 4.92. The third-order valence-electron chi connectivity index (χ3n) is 3.54. The molecule has 0 aliphatic carbocycles. The van der Waals surface area contributed by atoms with Crippen molar-refractivity contribution in [2.75, 3.05) is 19.4 Å². The summed E-state index contributed by atoms with van der Waals surface area (Å²) in [6.07, 6.45) is 0.715. The molecule has 0 aliphatic rings. The second-order valence-electron chi connectivity index (χ2n) is 5.66. The van der Waals surface area contributed by atoms with Crippen LogP contribution in [0.15, 0.2) is 36.4 Å². The number of rotatable bonds is 5. The molecular formula is C18H17Cl3N2O2. The zero-order valence-electron chi connectivity index (χ0n) is 13.8. The molecule has 0 heterocycles. The maximum Gasteiger partial charge on any atom is 0.254 e. The smallest absolute Gasteiger partial charge is 0.254 e. The van der Waals surface area contributed by atoms with Crippen LogP contribution < -0.4 is 5.32 Å². The van der Waals surface area contributed by atoms with E-state index in [1.807, 2.05) is 6.07 Å². The Labute approximate surface area is 161 Å². The molecule has 2 amide bonds. The largest absolute Gasteiger partial charge is 0.345 e. The van der Waals surface area contributed by atoms with Crippen molar-refractivity contribution in [3.8, 4) is 0 Å². The lowest BCUT2D eigenvalue weighted by molar-refractivity contribution is -0.116. The maximum absolute atomic E-state index is 12.1. The van der Waals surface area contributed by atoms with Crippen LogP contribution in [0.3, 0.4) is 0 Å². The van der Waals surface area contributed by atoms with E-state index in [1.165, 1.54) is 4.90 Å². The number of aryl methyl sites for hydroxylation is 1. The van der Waals surface area contributed by atoms with Crippen LogP contribution in [0.25, 0.3) is 0 Å². The van der Waals surface area contributed by atoms with Crippen molar-refractivity contribution >= 4 is 52.3 Å². The van der Waals surface area contributed by atoms with E-state index in [1.54, 1.807) is 44.4 Å². The van der Waals surface area contributed by atoms with Crippen LogP contribution in [-0.2, 0) is 11.2 Å². The van der Waals surface area contributed by atoms with Crippen molar-refractivity contribution in [3.05, 3.63) is 62.6 Å². The number of hydrogen-bond donors (Lipinski definition) is 1. The lowest BCUT2D eigenvalue weighted by Crippen LogP contribution is -2.22. The van der Waals surface area contributed by atoms with Crippen LogP contribution in [0.2, 0.25) is 15.1 Å². The van der Waals surface area contributed by atoms with Gasteiger partial charge in [-0.15, -0.1) is 0 Å². The fourth-order valence-corrected chi connectivity index (χ4v) is 2.90. The summed E-state index contributed by atoms with van der Waals surface area (Å²) in [4.78, 5) is 25.5. The second kappa shape index (κ2) is 8.56. The molecule has 2 aromatic carbocycles. The Bertz CT molecular complexity index is 807. The Morgan fingerprint density at radius 2 is 1.76 bits per heavy atom. The van der Waals surface area contributed by atoms with Gasteiger partial charge >= 0.3 is 0 Å². The van der Waals surface area contributed by atoms with E-state index in [9.17, 15) is 9.59 Å². The second-order valence-corrected chi connectivity index (χ2v) is 6.85. The molecule has 0 saturated carbocycles. The van der Waals surface area contributed by atoms with Crippen LogP contribution >= 0.6 is 34.8 Å². The van der Waals surface area contributed by atoms with Gasteiger partial charge < -0.3 is 10.2 Å². The summed E-state index contributed by atoms with van der Waals surface area (Å²) in [5, 5.41) is 3.97. The van der Waals surface area contributed by atoms with Gasteiger partial charge in [-0.05, 0) is 36.2 Å². The van der Waals surface area contributed by atoms with Crippen LogP contribution in [0, 0.1) is 0 Å². The van der Waals surface area contributed by atoms with Gasteiger partial charge in [-0.3, -0.25) is 9.59 Å². The molecule has 2 aromatic rings. The first-order chi connectivity index (χ1) is 11.8. The summed E-state index contributed by atoms with van der Waals surface area (Å²) < 4.78 is 0. The number of halogens is 3. The van der Waals surface area contributed by atoms with E-state index < -0.39 is 0 Å². The first-order valence-electron chi connectivity index (χ1n) is 7.53. The van der Waals surface area contributed by atoms with Gasteiger partial charge in [0.2, 0.25) is 5.91 Å². The monoisotopic (exact) mass is 398 g/mol. The standard InChI is InChI=1S/C18H17Cl3N2O2/c1-23(2)18(25)13-8-7-12(10-15(13)20)22-16(24)9-6-11-4-3-5-14(19)17(11)21/h3-5,7-8,10H,6,9H2,1-2H3,(H,22,24). The third-order valence-corrected chi connectivity index (χ3v) is 4.71. The molecule has 0 atom stereocenters. The number of hydrogen-bond acceptors (Lipinski definition) is 2.